The molecule has 0 amide bonds. The lowest BCUT2D eigenvalue weighted by Gasteiger charge is -2.19. The van der Waals surface area contributed by atoms with Gasteiger partial charge in [-0.1, -0.05) is 23.4 Å². The van der Waals surface area contributed by atoms with E-state index in [0.717, 1.165) is 27.9 Å². The van der Waals surface area contributed by atoms with Crippen molar-refractivity contribution in [2.45, 2.75) is 25.8 Å². The Kier molecular flexibility index (Phi) is 4.97. The number of oxime groups is 1. The standard InChI is InChI=1S/C19H22N4O2/c1-12(2)21-19-20-11-13-9-15(18(24-3)10-17(13)22-19)14-7-5-6-8-16(14)23-25-4/h5-12,14H,1-4H3,(H,20,21,22)/b23-16+. The second-order valence-electron chi connectivity index (χ2n) is 6.07. The van der Waals surface area contributed by atoms with Crippen LogP contribution in [-0.2, 0) is 4.84 Å². The summed E-state index contributed by atoms with van der Waals surface area (Å²) in [7, 11) is 3.21. The topological polar surface area (TPSA) is 68.6 Å². The Labute approximate surface area is 147 Å². The van der Waals surface area contributed by atoms with Gasteiger partial charge in [-0.15, -0.1) is 0 Å². The van der Waals surface area contributed by atoms with Gasteiger partial charge in [0.05, 0.1) is 24.3 Å². The van der Waals surface area contributed by atoms with Crippen LogP contribution in [0.2, 0.25) is 0 Å². The summed E-state index contributed by atoms with van der Waals surface area (Å²) in [6.45, 7) is 4.10. The summed E-state index contributed by atoms with van der Waals surface area (Å²) < 4.78 is 5.62. The van der Waals surface area contributed by atoms with Gasteiger partial charge >= 0.3 is 0 Å². The number of hydrogen-bond donors (Lipinski definition) is 1. The van der Waals surface area contributed by atoms with Crippen LogP contribution < -0.4 is 10.1 Å². The molecule has 0 bridgehead atoms. The molecule has 2 aromatic rings. The first-order valence-corrected chi connectivity index (χ1v) is 8.19. The summed E-state index contributed by atoms with van der Waals surface area (Å²) in [5.41, 5.74) is 2.65. The molecule has 1 aliphatic carbocycles. The van der Waals surface area contributed by atoms with Crippen molar-refractivity contribution in [1.82, 2.24) is 9.97 Å². The third-order valence-electron chi connectivity index (χ3n) is 3.88. The number of nitrogens with zero attached hydrogens (tertiary/aromatic N) is 3. The van der Waals surface area contributed by atoms with Gasteiger partial charge in [0.2, 0.25) is 5.95 Å². The van der Waals surface area contributed by atoms with E-state index < -0.39 is 0 Å². The Morgan fingerprint density at radius 2 is 2.04 bits per heavy atom. The van der Waals surface area contributed by atoms with Gasteiger partial charge in [-0.05, 0) is 26.0 Å². The molecule has 6 heteroatoms. The lowest BCUT2D eigenvalue weighted by Crippen LogP contribution is -2.13. The third-order valence-corrected chi connectivity index (χ3v) is 3.88. The molecule has 0 radical (unpaired) electrons. The van der Waals surface area contributed by atoms with Gasteiger partial charge in [-0.25, -0.2) is 9.97 Å². The summed E-state index contributed by atoms with van der Waals surface area (Å²) in [5, 5.41) is 8.29. The molecule has 1 unspecified atom stereocenters. The molecule has 1 heterocycles. The van der Waals surface area contributed by atoms with Gasteiger partial charge in [0.25, 0.3) is 0 Å². The molecule has 1 aliphatic rings. The van der Waals surface area contributed by atoms with Crippen molar-refractivity contribution < 1.29 is 9.57 Å². The molecular weight excluding hydrogens is 316 g/mol. The highest BCUT2D eigenvalue weighted by Crippen LogP contribution is 2.34. The van der Waals surface area contributed by atoms with E-state index in [1.54, 1.807) is 14.2 Å². The molecule has 0 aliphatic heterocycles. The van der Waals surface area contributed by atoms with Gasteiger partial charge in [0, 0.05) is 29.3 Å². The van der Waals surface area contributed by atoms with Crippen molar-refractivity contribution in [2.75, 3.05) is 19.5 Å². The van der Waals surface area contributed by atoms with E-state index in [-0.39, 0.29) is 12.0 Å². The quantitative estimate of drug-likeness (QED) is 0.843. The molecule has 1 atom stereocenters. The highest BCUT2D eigenvalue weighted by Gasteiger charge is 2.21. The van der Waals surface area contributed by atoms with Crippen LogP contribution in [-0.4, -0.2) is 35.9 Å². The van der Waals surface area contributed by atoms with Crippen molar-refractivity contribution >= 4 is 22.6 Å². The Morgan fingerprint density at radius 3 is 2.76 bits per heavy atom. The van der Waals surface area contributed by atoms with Gasteiger partial charge in [-0.2, -0.15) is 0 Å². The number of aromatic nitrogens is 2. The number of nitrogens with one attached hydrogen (secondary N) is 1. The minimum absolute atomic E-state index is 0.0437. The lowest BCUT2D eigenvalue weighted by atomic mass is 9.89. The summed E-state index contributed by atoms with van der Waals surface area (Å²) in [6.07, 6.45) is 9.76. The number of fused-ring (bicyclic) bond motifs is 1. The zero-order valence-corrected chi connectivity index (χ0v) is 14.9. The second-order valence-corrected chi connectivity index (χ2v) is 6.07. The normalized spacial score (nSPS) is 18.1. The van der Waals surface area contributed by atoms with Crippen molar-refractivity contribution in [2.24, 2.45) is 5.16 Å². The van der Waals surface area contributed by atoms with Crippen LogP contribution in [0.25, 0.3) is 10.9 Å². The Morgan fingerprint density at radius 1 is 1.20 bits per heavy atom. The van der Waals surface area contributed by atoms with Crippen LogP contribution in [0.4, 0.5) is 5.95 Å². The fourth-order valence-electron chi connectivity index (χ4n) is 2.81. The first-order chi connectivity index (χ1) is 12.1. The maximum absolute atomic E-state index is 5.62. The monoisotopic (exact) mass is 338 g/mol. The molecule has 0 spiro atoms. The number of allylic oxidation sites excluding steroid dienone is 4. The first-order valence-electron chi connectivity index (χ1n) is 8.19. The van der Waals surface area contributed by atoms with Crippen molar-refractivity contribution in [3.05, 3.63) is 48.2 Å². The molecule has 0 saturated heterocycles. The maximum Gasteiger partial charge on any atom is 0.223 e. The summed E-state index contributed by atoms with van der Waals surface area (Å²) in [6, 6.07) is 4.26. The summed E-state index contributed by atoms with van der Waals surface area (Å²) >= 11 is 0. The minimum Gasteiger partial charge on any atom is -0.496 e. The van der Waals surface area contributed by atoms with Crippen LogP contribution in [0.1, 0.15) is 25.3 Å². The fraction of sp³-hybridized carbons (Fsp3) is 0.316. The molecule has 0 fully saturated rings. The number of anilines is 1. The zero-order valence-electron chi connectivity index (χ0n) is 14.9. The van der Waals surface area contributed by atoms with E-state index in [1.165, 1.54) is 0 Å². The fourth-order valence-corrected chi connectivity index (χ4v) is 2.81. The second kappa shape index (κ2) is 7.34. The smallest absolute Gasteiger partial charge is 0.223 e. The molecule has 0 saturated carbocycles. The maximum atomic E-state index is 5.62. The van der Waals surface area contributed by atoms with Crippen molar-refractivity contribution in [3.8, 4) is 5.75 Å². The molecule has 25 heavy (non-hydrogen) atoms. The number of benzene rings is 1. The molecule has 1 aromatic heterocycles. The molecule has 1 N–H and O–H groups in total. The zero-order chi connectivity index (χ0) is 17.8. The third kappa shape index (κ3) is 3.63. The number of hydrogen-bond acceptors (Lipinski definition) is 6. The van der Waals surface area contributed by atoms with E-state index in [2.05, 4.69) is 40.4 Å². The summed E-state index contributed by atoms with van der Waals surface area (Å²) in [4.78, 5) is 13.9. The largest absolute Gasteiger partial charge is 0.496 e. The average Bonchev–Trinajstić information content (AvgIpc) is 2.61. The van der Waals surface area contributed by atoms with Gasteiger partial charge < -0.3 is 14.9 Å². The number of methoxy groups -OCH3 is 1. The molecule has 3 rings (SSSR count). The number of ether oxygens (including phenoxy) is 1. The predicted molar refractivity (Wildman–Crippen MR) is 100 cm³/mol. The summed E-state index contributed by atoms with van der Waals surface area (Å²) in [5.74, 6) is 1.33. The van der Waals surface area contributed by atoms with Crippen molar-refractivity contribution in [3.63, 3.8) is 0 Å². The van der Waals surface area contributed by atoms with E-state index in [4.69, 9.17) is 9.57 Å². The van der Waals surface area contributed by atoms with Crippen LogP contribution in [0.15, 0.2) is 47.8 Å². The Bertz CT molecular complexity index is 856. The molecular formula is C19H22N4O2. The van der Waals surface area contributed by atoms with E-state index >= 15 is 0 Å². The van der Waals surface area contributed by atoms with Gasteiger partial charge in [0.1, 0.15) is 12.9 Å². The van der Waals surface area contributed by atoms with Crippen LogP contribution in [0, 0.1) is 0 Å². The lowest BCUT2D eigenvalue weighted by molar-refractivity contribution is 0.213. The van der Waals surface area contributed by atoms with E-state index in [1.807, 2.05) is 36.6 Å². The average molecular weight is 338 g/mol. The van der Waals surface area contributed by atoms with E-state index in [9.17, 15) is 0 Å². The molecule has 6 nitrogen and oxygen atoms in total. The number of rotatable bonds is 5. The molecule has 1 aromatic carbocycles. The Balaban J connectivity index is 2.08. The van der Waals surface area contributed by atoms with E-state index in [0.29, 0.717) is 5.95 Å². The van der Waals surface area contributed by atoms with Crippen LogP contribution >= 0.6 is 0 Å². The Hall–Kier alpha value is -2.89. The highest BCUT2D eigenvalue weighted by atomic mass is 16.6. The van der Waals surface area contributed by atoms with Crippen molar-refractivity contribution in [1.29, 1.82) is 0 Å². The predicted octanol–water partition coefficient (Wildman–Crippen LogP) is 3.67. The van der Waals surface area contributed by atoms with Crippen LogP contribution in [0.5, 0.6) is 5.75 Å². The first kappa shape index (κ1) is 17.0. The minimum atomic E-state index is -0.0437. The SMILES string of the molecule is CO/N=C1\C=CC=CC1c1cc2cnc(NC(C)C)nc2cc1OC. The highest BCUT2D eigenvalue weighted by molar-refractivity contribution is 6.03. The van der Waals surface area contributed by atoms with Gasteiger partial charge in [0.15, 0.2) is 0 Å². The van der Waals surface area contributed by atoms with Gasteiger partial charge in [-0.3, -0.25) is 0 Å². The molecule has 130 valence electrons. The van der Waals surface area contributed by atoms with Crippen LogP contribution in [0.3, 0.4) is 0 Å².